The summed E-state index contributed by atoms with van der Waals surface area (Å²) in [7, 11) is 0. The number of carbonyl (C=O) groups excluding carboxylic acids is 1. The van der Waals surface area contributed by atoms with Crippen LogP contribution in [0.4, 0.5) is 0 Å². The molecule has 3 saturated carbocycles. The van der Waals surface area contributed by atoms with Crippen LogP contribution in [-0.4, -0.2) is 18.0 Å². The molecule has 98 valence electrons. The summed E-state index contributed by atoms with van der Waals surface area (Å²) in [6.45, 7) is 0.696. The van der Waals surface area contributed by atoms with Crippen molar-refractivity contribution < 1.29 is 4.79 Å². The molecule has 3 nitrogen and oxygen atoms in total. The molecule has 0 bridgehead atoms. The molecule has 3 aliphatic rings. The van der Waals surface area contributed by atoms with Gasteiger partial charge in [-0.15, -0.1) is 12.4 Å². The highest BCUT2D eigenvalue weighted by Gasteiger charge is 2.46. The number of rotatable bonds is 5. The van der Waals surface area contributed by atoms with E-state index in [1.165, 1.54) is 32.1 Å². The van der Waals surface area contributed by atoms with Crippen LogP contribution in [0.5, 0.6) is 0 Å². The van der Waals surface area contributed by atoms with Crippen molar-refractivity contribution in [2.45, 2.75) is 50.5 Å². The van der Waals surface area contributed by atoms with Crippen LogP contribution in [0.2, 0.25) is 0 Å². The van der Waals surface area contributed by atoms with Crippen LogP contribution >= 0.6 is 12.4 Å². The molecule has 4 heteroatoms. The molecule has 0 radical (unpaired) electrons. The Morgan fingerprint density at radius 2 is 1.76 bits per heavy atom. The zero-order chi connectivity index (χ0) is 11.2. The maximum Gasteiger partial charge on any atom is 0.223 e. The zero-order valence-corrected chi connectivity index (χ0v) is 11.1. The first-order valence-electron chi connectivity index (χ1n) is 6.75. The highest BCUT2D eigenvalue weighted by molar-refractivity contribution is 5.85. The molecule has 17 heavy (non-hydrogen) atoms. The van der Waals surface area contributed by atoms with Crippen LogP contribution in [0.25, 0.3) is 0 Å². The Kier molecular flexibility index (Phi) is 3.69. The van der Waals surface area contributed by atoms with Gasteiger partial charge in [0.15, 0.2) is 0 Å². The first-order chi connectivity index (χ1) is 7.68. The molecule has 3 rings (SSSR count). The predicted octanol–water partition coefficient (Wildman–Crippen LogP) is 1.84. The lowest BCUT2D eigenvalue weighted by Crippen LogP contribution is -2.55. The van der Waals surface area contributed by atoms with Crippen molar-refractivity contribution in [2.75, 3.05) is 6.54 Å². The van der Waals surface area contributed by atoms with Gasteiger partial charge in [-0.25, -0.2) is 0 Å². The minimum atomic E-state index is -0.0761. The summed E-state index contributed by atoms with van der Waals surface area (Å²) in [5.74, 6) is 2.01. The number of hydrogen-bond acceptors (Lipinski definition) is 2. The number of carbonyl (C=O) groups is 1. The Labute approximate surface area is 109 Å². The van der Waals surface area contributed by atoms with Crippen molar-refractivity contribution in [3.8, 4) is 0 Å². The molecule has 3 N–H and O–H groups in total. The molecule has 3 fully saturated rings. The van der Waals surface area contributed by atoms with Crippen molar-refractivity contribution in [1.82, 2.24) is 5.32 Å². The second kappa shape index (κ2) is 4.77. The van der Waals surface area contributed by atoms with E-state index in [0.717, 1.165) is 12.8 Å². The van der Waals surface area contributed by atoms with Gasteiger partial charge >= 0.3 is 0 Å². The van der Waals surface area contributed by atoms with Crippen molar-refractivity contribution >= 4 is 18.3 Å². The van der Waals surface area contributed by atoms with E-state index in [1.54, 1.807) is 0 Å². The predicted molar refractivity (Wildman–Crippen MR) is 70.0 cm³/mol. The van der Waals surface area contributed by atoms with E-state index >= 15 is 0 Å². The van der Waals surface area contributed by atoms with Crippen LogP contribution in [0.1, 0.15) is 44.9 Å². The Hall–Kier alpha value is -0.280. The number of hydrogen-bond donors (Lipinski definition) is 2. The average molecular weight is 259 g/mol. The van der Waals surface area contributed by atoms with Gasteiger partial charge < -0.3 is 11.1 Å². The lowest BCUT2D eigenvalue weighted by Gasteiger charge is -2.38. The van der Waals surface area contributed by atoms with Crippen LogP contribution < -0.4 is 11.1 Å². The van der Waals surface area contributed by atoms with E-state index in [9.17, 15) is 4.79 Å². The second-order valence-corrected chi connectivity index (χ2v) is 6.13. The standard InChI is InChI=1S/C13H22N2O.ClH/c14-13(6-1-7-13)8-15-12(16)11(9-2-3-9)10-4-5-10;/h9-11H,1-8,14H2,(H,15,16);1H. The first kappa shape index (κ1) is 13.2. The third-order valence-electron chi connectivity index (χ3n) is 4.53. The van der Waals surface area contributed by atoms with Gasteiger partial charge in [0.05, 0.1) is 0 Å². The SMILES string of the molecule is Cl.NC1(CNC(=O)C(C2CC2)C2CC2)CCC1. The lowest BCUT2D eigenvalue weighted by atomic mass is 9.77. The third-order valence-corrected chi connectivity index (χ3v) is 4.53. The minimum absolute atomic E-state index is 0. The molecule has 3 aliphatic carbocycles. The first-order valence-corrected chi connectivity index (χ1v) is 6.75. The molecule has 0 aromatic heterocycles. The summed E-state index contributed by atoms with van der Waals surface area (Å²) in [6, 6.07) is 0. The van der Waals surface area contributed by atoms with E-state index in [2.05, 4.69) is 5.32 Å². The Bertz CT molecular complexity index is 284. The van der Waals surface area contributed by atoms with Gasteiger partial charge in [0, 0.05) is 18.0 Å². The van der Waals surface area contributed by atoms with E-state index in [-0.39, 0.29) is 17.9 Å². The van der Waals surface area contributed by atoms with Gasteiger partial charge in [-0.2, -0.15) is 0 Å². The van der Waals surface area contributed by atoms with Crippen molar-refractivity contribution in [3.05, 3.63) is 0 Å². The van der Waals surface area contributed by atoms with Crippen molar-refractivity contribution in [3.63, 3.8) is 0 Å². The van der Waals surface area contributed by atoms with Crippen LogP contribution in [0.15, 0.2) is 0 Å². The summed E-state index contributed by atoms with van der Waals surface area (Å²) >= 11 is 0. The maximum atomic E-state index is 12.1. The molecule has 0 spiro atoms. The van der Waals surface area contributed by atoms with Gasteiger partial charge in [-0.3, -0.25) is 4.79 Å². The normalized spacial score (nSPS) is 26.0. The summed E-state index contributed by atoms with van der Waals surface area (Å²) in [6.07, 6.45) is 8.44. The highest BCUT2D eigenvalue weighted by atomic mass is 35.5. The number of nitrogens with two attached hydrogens (primary N) is 1. The Morgan fingerprint density at radius 1 is 1.24 bits per heavy atom. The number of halogens is 1. The Balaban J connectivity index is 0.00000108. The summed E-state index contributed by atoms with van der Waals surface area (Å²) in [5.41, 5.74) is 6.04. The molecule has 1 amide bonds. The second-order valence-electron chi connectivity index (χ2n) is 6.13. The fourth-order valence-corrected chi connectivity index (χ4v) is 2.91. The maximum absolute atomic E-state index is 12.1. The minimum Gasteiger partial charge on any atom is -0.354 e. The molecule has 0 atom stereocenters. The fourth-order valence-electron chi connectivity index (χ4n) is 2.91. The summed E-state index contributed by atoms with van der Waals surface area (Å²) in [4.78, 5) is 12.1. The smallest absolute Gasteiger partial charge is 0.223 e. The Morgan fingerprint density at radius 3 is 2.12 bits per heavy atom. The van der Waals surface area contributed by atoms with Gasteiger partial charge in [-0.1, -0.05) is 0 Å². The van der Waals surface area contributed by atoms with Crippen LogP contribution in [0.3, 0.4) is 0 Å². The van der Waals surface area contributed by atoms with Gasteiger partial charge in [0.1, 0.15) is 0 Å². The molecule has 0 aromatic carbocycles. The molecule has 0 saturated heterocycles. The molecule has 0 aromatic rings. The number of nitrogens with one attached hydrogen (secondary N) is 1. The molecular formula is C13H23ClN2O. The van der Waals surface area contributed by atoms with Gasteiger partial charge in [0.2, 0.25) is 5.91 Å². The monoisotopic (exact) mass is 258 g/mol. The van der Waals surface area contributed by atoms with Gasteiger partial charge in [0.25, 0.3) is 0 Å². The average Bonchev–Trinajstić information content (AvgIpc) is 3.04. The quantitative estimate of drug-likeness (QED) is 0.791. The zero-order valence-electron chi connectivity index (χ0n) is 10.3. The topological polar surface area (TPSA) is 55.1 Å². The van der Waals surface area contributed by atoms with Gasteiger partial charge in [-0.05, 0) is 56.8 Å². The summed E-state index contributed by atoms with van der Waals surface area (Å²) in [5, 5.41) is 3.10. The largest absolute Gasteiger partial charge is 0.354 e. The van der Waals surface area contributed by atoms with Crippen molar-refractivity contribution in [2.24, 2.45) is 23.5 Å². The lowest BCUT2D eigenvalue weighted by molar-refractivity contribution is -0.126. The van der Waals surface area contributed by atoms with Crippen molar-refractivity contribution in [1.29, 1.82) is 0 Å². The molecular weight excluding hydrogens is 236 g/mol. The van der Waals surface area contributed by atoms with Crippen LogP contribution in [-0.2, 0) is 4.79 Å². The van der Waals surface area contributed by atoms with E-state index in [0.29, 0.717) is 30.2 Å². The van der Waals surface area contributed by atoms with Crippen LogP contribution in [0, 0.1) is 17.8 Å². The molecule has 0 heterocycles. The van der Waals surface area contributed by atoms with E-state index < -0.39 is 0 Å². The number of amides is 1. The fraction of sp³-hybridized carbons (Fsp3) is 0.923. The summed E-state index contributed by atoms with van der Waals surface area (Å²) < 4.78 is 0. The highest BCUT2D eigenvalue weighted by Crippen LogP contribution is 2.49. The third kappa shape index (κ3) is 2.94. The van der Waals surface area contributed by atoms with E-state index in [4.69, 9.17) is 5.73 Å². The molecule has 0 unspecified atom stereocenters. The molecule has 0 aliphatic heterocycles. The van der Waals surface area contributed by atoms with E-state index in [1.807, 2.05) is 0 Å².